The molecule has 1 aliphatic carbocycles. The third kappa shape index (κ3) is 6.76. The molecule has 2 amide bonds. The van der Waals surface area contributed by atoms with Crippen LogP contribution in [0.1, 0.15) is 66.9 Å². The van der Waals surface area contributed by atoms with Gasteiger partial charge < -0.3 is 9.47 Å². The maximum Gasteiger partial charge on any atom is 0.533 e. The van der Waals surface area contributed by atoms with Crippen LogP contribution in [0.15, 0.2) is 47.6 Å². The number of hydroxylamine groups is 2. The quantitative estimate of drug-likeness (QED) is 0.0736. The molecule has 1 atom stereocenters. The van der Waals surface area contributed by atoms with Crippen molar-refractivity contribution in [1.29, 1.82) is 0 Å². The lowest BCUT2D eigenvalue weighted by molar-refractivity contribution is -0.177. The number of nitrogens with zero attached hydrogens (tertiary/aromatic N) is 4. The van der Waals surface area contributed by atoms with E-state index in [2.05, 4.69) is 10.0 Å². The molecule has 0 N–H and O–H groups in total. The molecule has 1 unspecified atom stereocenters. The van der Waals surface area contributed by atoms with Crippen molar-refractivity contribution in [2.45, 2.75) is 45.4 Å². The van der Waals surface area contributed by atoms with Gasteiger partial charge in [0.2, 0.25) is 0 Å². The van der Waals surface area contributed by atoms with E-state index in [1.807, 2.05) is 50.2 Å². The van der Waals surface area contributed by atoms with Crippen LogP contribution in [-0.2, 0) is 23.9 Å². The number of azide groups is 1. The van der Waals surface area contributed by atoms with Crippen LogP contribution in [-0.4, -0.2) is 55.2 Å². The predicted molar refractivity (Wildman–Crippen MR) is 137 cm³/mol. The molecule has 1 heterocycles. The van der Waals surface area contributed by atoms with Crippen LogP contribution in [0.3, 0.4) is 0 Å². The molecule has 11 nitrogen and oxygen atoms in total. The summed E-state index contributed by atoms with van der Waals surface area (Å²) in [6.07, 6.45) is -0.336. The number of Topliss-reactive ketones (excluding diaryl/α,β-unsaturated/α-hetero) is 1. The monoisotopic (exact) mass is 522 g/mol. The minimum absolute atomic E-state index is 0.00579. The van der Waals surface area contributed by atoms with Gasteiger partial charge in [-0.1, -0.05) is 60.4 Å². The minimum Gasteiger partial charge on any atom is -0.432 e. The standard InChI is InChI=1S/C25H24N4O7.C2H6/c26-28-27-11-13-34-12-3-6-22(30)16-7-8-19-17-4-1-2-5-18(17)21(20(19)14-16)15-35-25(33)36-29-23(31)9-10-24(29)32;1-2/h1-2,4-5,7-8,14,21H,3,6,9-13,15H2;1-2H3. The largest absolute Gasteiger partial charge is 0.533 e. The summed E-state index contributed by atoms with van der Waals surface area (Å²) >= 11 is 0. The first-order valence-corrected chi connectivity index (χ1v) is 12.5. The van der Waals surface area contributed by atoms with Crippen LogP contribution in [0.5, 0.6) is 0 Å². The van der Waals surface area contributed by atoms with E-state index < -0.39 is 18.0 Å². The van der Waals surface area contributed by atoms with Crippen LogP contribution in [0.25, 0.3) is 21.6 Å². The van der Waals surface area contributed by atoms with Gasteiger partial charge in [-0.15, -0.1) is 0 Å². The molecule has 0 aromatic heterocycles. The van der Waals surface area contributed by atoms with Crippen molar-refractivity contribution in [1.82, 2.24) is 5.06 Å². The molecule has 200 valence electrons. The Kier molecular flexibility index (Phi) is 10.4. The SMILES string of the molecule is CC.[N-]=[N+]=NCCOCCCC(=O)c1ccc2c(c1)C(COC(=O)ON1C(=O)CCC1=O)c1ccccc1-2. The highest BCUT2D eigenvalue weighted by Gasteiger charge is 2.35. The van der Waals surface area contributed by atoms with Gasteiger partial charge in [-0.25, -0.2) is 4.79 Å². The molecule has 0 saturated carbocycles. The second-order valence-corrected chi connectivity index (χ2v) is 8.27. The fourth-order valence-electron chi connectivity index (χ4n) is 4.30. The van der Waals surface area contributed by atoms with Gasteiger partial charge in [0.25, 0.3) is 11.8 Å². The number of hydrogen-bond acceptors (Lipinski definition) is 8. The number of amides is 2. The molecule has 0 bridgehead atoms. The van der Waals surface area contributed by atoms with E-state index in [0.29, 0.717) is 36.7 Å². The van der Waals surface area contributed by atoms with Gasteiger partial charge in [-0.05, 0) is 40.3 Å². The molecule has 38 heavy (non-hydrogen) atoms. The number of hydrogen-bond donors (Lipinski definition) is 0. The van der Waals surface area contributed by atoms with E-state index in [1.165, 1.54) is 0 Å². The Bertz CT molecular complexity index is 1220. The number of carbonyl (C=O) groups excluding carboxylic acids is 4. The second-order valence-electron chi connectivity index (χ2n) is 8.27. The summed E-state index contributed by atoms with van der Waals surface area (Å²) in [5, 5.41) is 3.83. The molecule has 2 aliphatic rings. The Morgan fingerprint density at radius 3 is 2.47 bits per heavy atom. The molecular weight excluding hydrogens is 492 g/mol. The fraction of sp³-hybridized carbons (Fsp3) is 0.407. The zero-order valence-electron chi connectivity index (χ0n) is 21.4. The molecule has 1 fully saturated rings. The first-order chi connectivity index (χ1) is 18.5. The number of benzene rings is 2. The Labute approximate surface area is 220 Å². The van der Waals surface area contributed by atoms with E-state index in [0.717, 1.165) is 22.3 Å². The van der Waals surface area contributed by atoms with Crippen molar-refractivity contribution < 1.29 is 33.5 Å². The molecule has 1 aliphatic heterocycles. The van der Waals surface area contributed by atoms with E-state index in [-0.39, 0.29) is 37.7 Å². The average Bonchev–Trinajstić information content (AvgIpc) is 3.43. The molecule has 0 spiro atoms. The Hall–Kier alpha value is -4.21. The van der Waals surface area contributed by atoms with E-state index in [9.17, 15) is 19.2 Å². The summed E-state index contributed by atoms with van der Waals surface area (Å²) in [6.45, 7) is 4.84. The van der Waals surface area contributed by atoms with Gasteiger partial charge in [-0.3, -0.25) is 19.2 Å². The van der Waals surface area contributed by atoms with Crippen LogP contribution in [0.4, 0.5) is 4.79 Å². The second kappa shape index (κ2) is 13.9. The number of carbonyl (C=O) groups is 4. The number of ketones is 1. The Balaban J connectivity index is 0.00000195. The first kappa shape index (κ1) is 28.4. The van der Waals surface area contributed by atoms with Gasteiger partial charge in [-0.2, -0.15) is 0 Å². The third-order valence-electron chi connectivity index (χ3n) is 6.01. The molecule has 1 saturated heterocycles. The summed E-state index contributed by atoms with van der Waals surface area (Å²) < 4.78 is 10.6. The van der Waals surface area contributed by atoms with Gasteiger partial charge >= 0.3 is 6.16 Å². The summed E-state index contributed by atoms with van der Waals surface area (Å²) in [4.78, 5) is 55.8. The van der Waals surface area contributed by atoms with Gasteiger partial charge in [0.1, 0.15) is 6.61 Å². The van der Waals surface area contributed by atoms with Crippen molar-refractivity contribution in [2.75, 3.05) is 26.4 Å². The highest BCUT2D eigenvalue weighted by Crippen LogP contribution is 2.45. The van der Waals surface area contributed by atoms with E-state index in [4.69, 9.17) is 19.8 Å². The number of ether oxygens (including phenoxy) is 2. The molecule has 4 rings (SSSR count). The molecule has 0 radical (unpaired) electrons. The summed E-state index contributed by atoms with van der Waals surface area (Å²) in [7, 11) is 0. The summed E-state index contributed by atoms with van der Waals surface area (Å²) in [5.74, 6) is -1.56. The van der Waals surface area contributed by atoms with Gasteiger partial charge in [0, 0.05) is 48.8 Å². The molecule has 2 aromatic carbocycles. The van der Waals surface area contributed by atoms with Crippen molar-refractivity contribution in [3.05, 3.63) is 69.6 Å². The highest BCUT2D eigenvalue weighted by molar-refractivity contribution is 6.01. The van der Waals surface area contributed by atoms with Crippen LogP contribution in [0.2, 0.25) is 0 Å². The van der Waals surface area contributed by atoms with Crippen LogP contribution >= 0.6 is 0 Å². The zero-order chi connectivity index (χ0) is 27.5. The maximum atomic E-state index is 12.8. The summed E-state index contributed by atoms with van der Waals surface area (Å²) in [5.41, 5.74) is 12.5. The van der Waals surface area contributed by atoms with Crippen molar-refractivity contribution in [2.24, 2.45) is 5.11 Å². The fourth-order valence-corrected chi connectivity index (χ4v) is 4.30. The number of imide groups is 1. The lowest BCUT2D eigenvalue weighted by Gasteiger charge is -2.16. The first-order valence-electron chi connectivity index (χ1n) is 12.5. The normalized spacial score (nSPS) is 15.1. The minimum atomic E-state index is -1.14. The zero-order valence-corrected chi connectivity index (χ0v) is 21.4. The molecule has 11 heteroatoms. The van der Waals surface area contributed by atoms with Crippen LogP contribution in [0, 0.1) is 0 Å². The van der Waals surface area contributed by atoms with Crippen molar-refractivity contribution in [3.63, 3.8) is 0 Å². The highest BCUT2D eigenvalue weighted by atomic mass is 16.8. The topological polar surface area (TPSA) is 148 Å². The molecular formula is C27H30N4O7. The lowest BCUT2D eigenvalue weighted by Crippen LogP contribution is -2.32. The third-order valence-corrected chi connectivity index (χ3v) is 6.01. The predicted octanol–water partition coefficient (Wildman–Crippen LogP) is 5.33. The van der Waals surface area contributed by atoms with Crippen LogP contribution < -0.4 is 0 Å². The lowest BCUT2D eigenvalue weighted by atomic mass is 9.95. The molecule has 2 aromatic rings. The number of fused-ring (bicyclic) bond motifs is 3. The average molecular weight is 523 g/mol. The van der Waals surface area contributed by atoms with Crippen molar-refractivity contribution >= 4 is 23.8 Å². The van der Waals surface area contributed by atoms with Crippen molar-refractivity contribution in [3.8, 4) is 11.1 Å². The Morgan fingerprint density at radius 1 is 1.03 bits per heavy atom. The smallest absolute Gasteiger partial charge is 0.432 e. The van der Waals surface area contributed by atoms with Gasteiger partial charge in [0.15, 0.2) is 5.78 Å². The number of rotatable bonds is 11. The van der Waals surface area contributed by atoms with Gasteiger partial charge in [0.05, 0.1) is 6.61 Å². The van der Waals surface area contributed by atoms with E-state index in [1.54, 1.807) is 6.07 Å². The Morgan fingerprint density at radius 2 is 1.74 bits per heavy atom. The maximum absolute atomic E-state index is 12.8. The van der Waals surface area contributed by atoms with E-state index >= 15 is 0 Å². The summed E-state index contributed by atoms with van der Waals surface area (Å²) in [6, 6.07) is 13.2.